The first-order valence-corrected chi connectivity index (χ1v) is 3.37. The van der Waals surface area contributed by atoms with Gasteiger partial charge in [-0.15, -0.1) is 5.73 Å². The van der Waals surface area contributed by atoms with Crippen molar-refractivity contribution in [3.8, 4) is 0 Å². The highest BCUT2D eigenvalue weighted by molar-refractivity contribution is 5.43. The van der Waals surface area contributed by atoms with Crippen LogP contribution in [0.5, 0.6) is 0 Å². The van der Waals surface area contributed by atoms with Crippen LogP contribution in [0.2, 0.25) is 0 Å². The number of rotatable bonds is 0. The third kappa shape index (κ3) is 1.11. The van der Waals surface area contributed by atoms with Gasteiger partial charge in [0.05, 0.1) is 10.7 Å². The second-order valence-corrected chi connectivity index (χ2v) is 2.16. The van der Waals surface area contributed by atoms with Crippen LogP contribution in [0.25, 0.3) is 12.2 Å². The van der Waals surface area contributed by atoms with E-state index in [-0.39, 0.29) is 0 Å². The van der Waals surface area contributed by atoms with Gasteiger partial charge in [0.1, 0.15) is 0 Å². The Kier molecular flexibility index (Phi) is 1.39. The zero-order chi connectivity index (χ0) is 7.52. The van der Waals surface area contributed by atoms with E-state index in [1.54, 1.807) is 12.4 Å². The summed E-state index contributed by atoms with van der Waals surface area (Å²) in [4.78, 5) is 8.28. The van der Waals surface area contributed by atoms with E-state index < -0.39 is 0 Å². The van der Waals surface area contributed by atoms with E-state index in [4.69, 9.17) is 0 Å². The molecule has 0 N–H and O–H groups in total. The topological polar surface area (TPSA) is 25.8 Å². The predicted molar refractivity (Wildman–Crippen MR) is 42.9 cm³/mol. The predicted octanol–water partition coefficient (Wildman–Crippen LogP) is -0.238. The van der Waals surface area contributed by atoms with E-state index in [9.17, 15) is 0 Å². The molecule has 0 fully saturated rings. The Morgan fingerprint density at radius 1 is 0.909 bits per heavy atom. The minimum absolute atomic E-state index is 0.897. The lowest BCUT2D eigenvalue weighted by atomic mass is 10.4. The molecule has 1 aromatic heterocycles. The van der Waals surface area contributed by atoms with Gasteiger partial charge in [0.25, 0.3) is 0 Å². The Bertz CT molecular complexity index is 398. The summed E-state index contributed by atoms with van der Waals surface area (Å²) in [6.45, 7) is 0. The summed E-state index contributed by atoms with van der Waals surface area (Å²) in [6, 6.07) is 0. The van der Waals surface area contributed by atoms with Crippen molar-refractivity contribution in [1.29, 1.82) is 0 Å². The fourth-order valence-electron chi connectivity index (χ4n) is 0.926. The van der Waals surface area contributed by atoms with Crippen LogP contribution in [-0.4, -0.2) is 9.97 Å². The maximum atomic E-state index is 4.14. The summed E-state index contributed by atoms with van der Waals surface area (Å²) < 4.78 is 0. The van der Waals surface area contributed by atoms with Crippen LogP contribution in [0.1, 0.15) is 0 Å². The van der Waals surface area contributed by atoms with E-state index in [1.165, 1.54) is 0 Å². The van der Waals surface area contributed by atoms with Crippen molar-refractivity contribution in [3.05, 3.63) is 41.0 Å². The molecule has 0 amide bonds. The van der Waals surface area contributed by atoms with Gasteiger partial charge in [0.2, 0.25) is 0 Å². The Hall–Kier alpha value is -1.66. The van der Waals surface area contributed by atoms with Gasteiger partial charge in [0.15, 0.2) is 0 Å². The van der Waals surface area contributed by atoms with Crippen molar-refractivity contribution < 1.29 is 0 Å². The normalized spacial score (nSPS) is 12.7. The molecule has 2 heteroatoms. The summed E-state index contributed by atoms with van der Waals surface area (Å²) in [5, 5.41) is 1.79. The van der Waals surface area contributed by atoms with Gasteiger partial charge < -0.3 is 0 Å². The van der Waals surface area contributed by atoms with Crippen LogP contribution >= 0.6 is 0 Å². The van der Waals surface area contributed by atoms with Gasteiger partial charge in [-0.3, -0.25) is 9.97 Å². The van der Waals surface area contributed by atoms with E-state index in [2.05, 4.69) is 15.7 Å². The quantitative estimate of drug-likeness (QED) is 0.467. The van der Waals surface area contributed by atoms with Crippen LogP contribution in [0, 0.1) is 0 Å². The summed E-state index contributed by atoms with van der Waals surface area (Å²) in [5.74, 6) is 0. The second-order valence-electron chi connectivity index (χ2n) is 2.16. The third-order valence-electron chi connectivity index (χ3n) is 1.43. The molecular weight excluding hydrogens is 136 g/mol. The molecule has 1 aromatic rings. The van der Waals surface area contributed by atoms with Crippen molar-refractivity contribution in [2.24, 2.45) is 0 Å². The molecule has 52 valence electrons. The smallest absolute Gasteiger partial charge is 0.0893 e. The fourth-order valence-corrected chi connectivity index (χ4v) is 0.926. The second kappa shape index (κ2) is 2.52. The lowest BCUT2D eigenvalue weighted by molar-refractivity contribution is 1.10. The van der Waals surface area contributed by atoms with E-state index in [0.29, 0.717) is 0 Å². The molecule has 0 saturated heterocycles. The van der Waals surface area contributed by atoms with Crippen LogP contribution in [0.4, 0.5) is 0 Å². The van der Waals surface area contributed by atoms with Gasteiger partial charge in [-0.1, -0.05) is 0 Å². The van der Waals surface area contributed by atoms with Crippen molar-refractivity contribution in [3.63, 3.8) is 0 Å². The average molecular weight is 142 g/mol. The Labute approximate surface area is 63.9 Å². The lowest BCUT2D eigenvalue weighted by Crippen LogP contribution is -2.29. The molecular formula is C9H6N2. The number of fused-ring (bicyclic) bond motifs is 1. The largest absolute Gasteiger partial charge is 0.253 e. The molecule has 0 saturated carbocycles. The maximum absolute atomic E-state index is 4.14. The SMILES string of the molecule is C1=CC=c2nccnc2=CC=1. The fraction of sp³-hybridized carbons (Fsp3) is 0. The van der Waals surface area contributed by atoms with Crippen molar-refractivity contribution >= 4 is 12.2 Å². The summed E-state index contributed by atoms with van der Waals surface area (Å²) in [5.41, 5.74) is 2.95. The Balaban J connectivity index is 2.91. The van der Waals surface area contributed by atoms with Gasteiger partial charge in [-0.05, 0) is 24.3 Å². The first kappa shape index (κ1) is 6.08. The summed E-state index contributed by atoms with van der Waals surface area (Å²) in [6.07, 6.45) is 10.8. The number of hydrogen-bond donors (Lipinski definition) is 0. The number of hydrogen-bond acceptors (Lipinski definition) is 2. The van der Waals surface area contributed by atoms with Crippen LogP contribution in [0.15, 0.2) is 30.3 Å². The highest BCUT2D eigenvalue weighted by Crippen LogP contribution is 1.75. The van der Waals surface area contributed by atoms with Gasteiger partial charge >= 0.3 is 0 Å². The average Bonchev–Trinajstić information content (AvgIpc) is 2.28. The van der Waals surface area contributed by atoms with E-state index in [0.717, 1.165) is 10.7 Å². The van der Waals surface area contributed by atoms with E-state index in [1.807, 2.05) is 24.3 Å². The zero-order valence-corrected chi connectivity index (χ0v) is 5.86. The first-order valence-electron chi connectivity index (χ1n) is 3.37. The number of allylic oxidation sites excluding steroid dienone is 1. The number of aromatic nitrogens is 2. The lowest BCUT2D eigenvalue weighted by Gasteiger charge is -1.83. The van der Waals surface area contributed by atoms with Crippen molar-refractivity contribution in [2.45, 2.75) is 0 Å². The molecule has 0 unspecified atom stereocenters. The van der Waals surface area contributed by atoms with Crippen molar-refractivity contribution in [2.75, 3.05) is 0 Å². The van der Waals surface area contributed by atoms with Gasteiger partial charge in [0, 0.05) is 12.4 Å². The van der Waals surface area contributed by atoms with E-state index >= 15 is 0 Å². The highest BCUT2D eigenvalue weighted by atomic mass is 14.7. The standard InChI is InChI=1S/C9H6N2/c1-2-4-8-9(5-3-1)11-7-6-10-8/h2-7H. The monoisotopic (exact) mass is 142 g/mol. The number of nitrogens with zero attached hydrogens (tertiary/aromatic N) is 2. The third-order valence-corrected chi connectivity index (χ3v) is 1.43. The first-order chi connectivity index (χ1) is 5.47. The molecule has 1 aliphatic carbocycles. The molecule has 0 atom stereocenters. The molecule has 0 radical (unpaired) electrons. The minimum Gasteiger partial charge on any atom is -0.253 e. The summed E-state index contributed by atoms with van der Waals surface area (Å²) in [7, 11) is 0. The molecule has 0 aromatic carbocycles. The molecule has 0 spiro atoms. The molecule has 1 heterocycles. The molecule has 0 bridgehead atoms. The minimum atomic E-state index is 0.897. The summed E-state index contributed by atoms with van der Waals surface area (Å²) >= 11 is 0. The zero-order valence-electron chi connectivity index (χ0n) is 5.86. The van der Waals surface area contributed by atoms with Crippen LogP contribution in [0.3, 0.4) is 0 Å². The van der Waals surface area contributed by atoms with Crippen LogP contribution in [-0.2, 0) is 0 Å². The molecule has 11 heavy (non-hydrogen) atoms. The van der Waals surface area contributed by atoms with Gasteiger partial charge in [-0.25, -0.2) is 0 Å². The van der Waals surface area contributed by atoms with Gasteiger partial charge in [-0.2, -0.15) is 0 Å². The Morgan fingerprint density at radius 3 is 2.00 bits per heavy atom. The van der Waals surface area contributed by atoms with Crippen molar-refractivity contribution in [1.82, 2.24) is 9.97 Å². The molecule has 2 nitrogen and oxygen atoms in total. The highest BCUT2D eigenvalue weighted by Gasteiger charge is 1.84. The van der Waals surface area contributed by atoms with Crippen LogP contribution < -0.4 is 10.7 Å². The molecule has 2 rings (SSSR count). The molecule has 1 aliphatic rings. The molecule has 0 aliphatic heterocycles. The Morgan fingerprint density at radius 2 is 1.45 bits per heavy atom. The maximum Gasteiger partial charge on any atom is 0.0893 e.